The molecule has 1 aromatic rings. The van der Waals surface area contributed by atoms with E-state index in [1.807, 2.05) is 0 Å². The van der Waals surface area contributed by atoms with Crippen LogP contribution in [0, 0.1) is 6.92 Å². The van der Waals surface area contributed by atoms with Crippen molar-refractivity contribution < 1.29 is 28.4 Å². The molecule has 0 unspecified atom stereocenters. The molecule has 0 saturated heterocycles. The molecular weight excluding hydrogens is 404 g/mol. The minimum absolute atomic E-state index is 0.0575. The second-order valence-corrected chi connectivity index (χ2v) is 9.73. The van der Waals surface area contributed by atoms with Crippen LogP contribution >= 0.6 is 0 Å². The summed E-state index contributed by atoms with van der Waals surface area (Å²) in [5, 5.41) is 6.41. The predicted molar refractivity (Wildman–Crippen MR) is 111 cm³/mol. The Hall–Kier alpha value is -2.65. The average molecular weight is 439 g/mol. The average Bonchev–Trinajstić information content (AvgIpc) is 3.32. The highest BCUT2D eigenvalue weighted by Gasteiger charge is 2.38. The van der Waals surface area contributed by atoms with E-state index in [1.165, 1.54) is 0 Å². The molecule has 2 amide bonds. The molecule has 31 heavy (non-hydrogen) atoms. The molecular formula is C21H34N4O6. The minimum Gasteiger partial charge on any atom is -0.460 e. The van der Waals surface area contributed by atoms with Crippen LogP contribution in [0.4, 0.5) is 4.79 Å². The van der Waals surface area contributed by atoms with E-state index in [2.05, 4.69) is 15.5 Å². The number of ether oxygens (including phenoxy) is 2. The third-order valence-electron chi connectivity index (χ3n) is 4.20. The highest BCUT2D eigenvalue weighted by atomic mass is 16.6. The molecule has 1 heterocycles. The van der Waals surface area contributed by atoms with Crippen LogP contribution in [0.15, 0.2) is 4.52 Å². The maximum absolute atomic E-state index is 13.3. The van der Waals surface area contributed by atoms with E-state index in [-0.39, 0.29) is 18.4 Å². The number of esters is 1. The Morgan fingerprint density at radius 3 is 2.23 bits per heavy atom. The third-order valence-corrected chi connectivity index (χ3v) is 4.20. The van der Waals surface area contributed by atoms with E-state index < -0.39 is 29.3 Å². The Kier molecular flexibility index (Phi) is 7.67. The molecule has 10 heteroatoms. The van der Waals surface area contributed by atoms with Crippen LogP contribution in [-0.2, 0) is 25.5 Å². The zero-order chi connectivity index (χ0) is 23.4. The summed E-state index contributed by atoms with van der Waals surface area (Å²) in [7, 11) is 0. The molecule has 0 bridgehead atoms. The summed E-state index contributed by atoms with van der Waals surface area (Å²) in [5.74, 6) is 0.0133. The van der Waals surface area contributed by atoms with Crippen molar-refractivity contribution in [3.05, 3.63) is 11.7 Å². The number of carbonyl (C=O) groups is 3. The number of alkyl carbamates (subject to hydrolysis) is 1. The van der Waals surface area contributed by atoms with Crippen molar-refractivity contribution in [2.24, 2.45) is 0 Å². The third kappa shape index (κ3) is 8.94. The van der Waals surface area contributed by atoms with Gasteiger partial charge in [0.05, 0.1) is 6.42 Å². The standard InChI is InChI=1S/C21H34N4O6/c1-13-22-16(24-31-13)10-11-25(14-8-9-14)18(27)15(12-17(26)29-20(2,3)4)23-19(28)30-21(5,6)7/h14-15H,8-12H2,1-7H3,(H,23,28)/t15-/m0/s1. The highest BCUT2D eigenvalue weighted by molar-refractivity contribution is 5.90. The fraction of sp³-hybridized carbons (Fsp3) is 0.762. The Morgan fingerprint density at radius 1 is 1.13 bits per heavy atom. The van der Waals surface area contributed by atoms with Crippen LogP contribution in [0.2, 0.25) is 0 Å². The van der Waals surface area contributed by atoms with Crippen molar-refractivity contribution in [1.82, 2.24) is 20.4 Å². The van der Waals surface area contributed by atoms with Crippen LogP contribution in [0.5, 0.6) is 0 Å². The Labute approximate surface area is 183 Å². The number of hydrogen-bond acceptors (Lipinski definition) is 8. The van der Waals surface area contributed by atoms with Gasteiger partial charge >= 0.3 is 12.1 Å². The van der Waals surface area contributed by atoms with E-state index in [0.717, 1.165) is 12.8 Å². The van der Waals surface area contributed by atoms with Gasteiger partial charge in [0, 0.05) is 25.9 Å². The summed E-state index contributed by atoms with van der Waals surface area (Å²) in [6.07, 6.45) is 1.08. The first-order valence-corrected chi connectivity index (χ1v) is 10.5. The smallest absolute Gasteiger partial charge is 0.408 e. The van der Waals surface area contributed by atoms with Crippen molar-refractivity contribution in [3.63, 3.8) is 0 Å². The van der Waals surface area contributed by atoms with Gasteiger partial charge in [-0.05, 0) is 54.4 Å². The Balaban J connectivity index is 2.12. The number of nitrogens with one attached hydrogen (secondary N) is 1. The van der Waals surface area contributed by atoms with Gasteiger partial charge in [0.15, 0.2) is 5.82 Å². The van der Waals surface area contributed by atoms with Gasteiger partial charge in [-0.25, -0.2) is 4.79 Å². The fourth-order valence-corrected chi connectivity index (χ4v) is 2.92. The van der Waals surface area contributed by atoms with Crippen molar-refractivity contribution in [2.75, 3.05) is 6.54 Å². The van der Waals surface area contributed by atoms with E-state index in [9.17, 15) is 14.4 Å². The van der Waals surface area contributed by atoms with Crippen molar-refractivity contribution in [1.29, 1.82) is 0 Å². The topological polar surface area (TPSA) is 124 Å². The normalized spacial score (nSPS) is 15.2. The minimum atomic E-state index is -1.10. The molecule has 0 radical (unpaired) electrons. The lowest BCUT2D eigenvalue weighted by molar-refractivity contribution is -0.157. The molecule has 1 aromatic heterocycles. The molecule has 174 valence electrons. The molecule has 10 nitrogen and oxygen atoms in total. The maximum atomic E-state index is 13.3. The van der Waals surface area contributed by atoms with Crippen molar-refractivity contribution in [3.8, 4) is 0 Å². The lowest BCUT2D eigenvalue weighted by Crippen LogP contribution is -2.52. The number of carbonyl (C=O) groups excluding carboxylic acids is 3. The number of aromatic nitrogens is 2. The summed E-state index contributed by atoms with van der Waals surface area (Å²) in [6.45, 7) is 12.4. The first kappa shape index (κ1) is 24.6. The maximum Gasteiger partial charge on any atom is 0.408 e. The second-order valence-electron chi connectivity index (χ2n) is 9.73. The van der Waals surface area contributed by atoms with Gasteiger partial charge in [0.1, 0.15) is 17.2 Å². The Bertz CT molecular complexity index is 759. The van der Waals surface area contributed by atoms with Gasteiger partial charge in [-0.2, -0.15) is 4.98 Å². The van der Waals surface area contributed by atoms with Gasteiger partial charge in [0.25, 0.3) is 0 Å². The molecule has 1 atom stereocenters. The molecule has 1 aliphatic carbocycles. The van der Waals surface area contributed by atoms with Crippen molar-refractivity contribution >= 4 is 18.0 Å². The summed E-state index contributed by atoms with van der Waals surface area (Å²) < 4.78 is 15.6. The van der Waals surface area contributed by atoms with Gasteiger partial charge in [-0.1, -0.05) is 5.16 Å². The van der Waals surface area contributed by atoms with E-state index >= 15 is 0 Å². The van der Waals surface area contributed by atoms with Crippen LogP contribution in [0.1, 0.15) is 72.5 Å². The number of rotatable bonds is 8. The summed E-state index contributed by atoms with van der Waals surface area (Å²) in [6, 6.07) is -1.04. The van der Waals surface area contributed by atoms with Crippen LogP contribution in [-0.4, -0.2) is 62.8 Å². The van der Waals surface area contributed by atoms with Crippen molar-refractivity contribution in [2.45, 2.75) is 97.4 Å². The number of aryl methyl sites for hydroxylation is 1. The monoisotopic (exact) mass is 438 g/mol. The quantitative estimate of drug-likeness (QED) is 0.614. The van der Waals surface area contributed by atoms with Crippen LogP contribution in [0.3, 0.4) is 0 Å². The molecule has 0 aromatic carbocycles. The number of hydrogen-bond donors (Lipinski definition) is 1. The molecule has 0 spiro atoms. The van der Waals surface area contributed by atoms with Gasteiger partial charge in [-0.3, -0.25) is 9.59 Å². The first-order valence-electron chi connectivity index (χ1n) is 10.5. The summed E-state index contributed by atoms with van der Waals surface area (Å²) >= 11 is 0. The van der Waals surface area contributed by atoms with Gasteiger partial charge < -0.3 is 24.2 Å². The highest BCUT2D eigenvalue weighted by Crippen LogP contribution is 2.28. The van der Waals surface area contributed by atoms with Gasteiger partial charge in [0.2, 0.25) is 11.8 Å². The lowest BCUT2D eigenvalue weighted by Gasteiger charge is -2.29. The summed E-state index contributed by atoms with van der Waals surface area (Å²) in [5.41, 5.74) is -1.44. The van der Waals surface area contributed by atoms with E-state index in [0.29, 0.717) is 24.7 Å². The zero-order valence-electron chi connectivity index (χ0n) is 19.5. The Morgan fingerprint density at radius 2 is 1.74 bits per heavy atom. The zero-order valence-corrected chi connectivity index (χ0v) is 19.5. The predicted octanol–water partition coefficient (Wildman–Crippen LogP) is 2.54. The van der Waals surface area contributed by atoms with E-state index in [4.69, 9.17) is 14.0 Å². The van der Waals surface area contributed by atoms with E-state index in [1.54, 1.807) is 53.4 Å². The molecule has 1 fully saturated rings. The largest absolute Gasteiger partial charge is 0.460 e. The lowest BCUT2D eigenvalue weighted by atomic mass is 10.1. The fourth-order valence-electron chi connectivity index (χ4n) is 2.92. The molecule has 1 saturated carbocycles. The van der Waals surface area contributed by atoms with Crippen LogP contribution < -0.4 is 5.32 Å². The number of amides is 2. The van der Waals surface area contributed by atoms with Gasteiger partial charge in [-0.15, -0.1) is 0 Å². The number of nitrogens with zero attached hydrogens (tertiary/aromatic N) is 3. The molecule has 2 rings (SSSR count). The van der Waals surface area contributed by atoms with Crippen LogP contribution in [0.25, 0.3) is 0 Å². The second kappa shape index (κ2) is 9.65. The molecule has 0 aliphatic heterocycles. The SMILES string of the molecule is Cc1nc(CCN(C(=O)[C@H](CC(=O)OC(C)(C)C)NC(=O)OC(C)(C)C)C2CC2)no1. The summed E-state index contributed by atoms with van der Waals surface area (Å²) in [4.78, 5) is 43.9. The first-order chi connectivity index (χ1) is 14.2. The molecule has 1 N–H and O–H groups in total. The molecule has 1 aliphatic rings.